The van der Waals surface area contributed by atoms with Gasteiger partial charge in [-0.3, -0.25) is 14.5 Å². The Hall–Kier alpha value is -2.77. The number of nitrogens with one attached hydrogen (secondary N) is 1. The second kappa shape index (κ2) is 9.36. The van der Waals surface area contributed by atoms with Crippen molar-refractivity contribution in [1.82, 2.24) is 9.80 Å². The van der Waals surface area contributed by atoms with Gasteiger partial charge in [0.1, 0.15) is 0 Å². The lowest BCUT2D eigenvalue weighted by Gasteiger charge is -2.34. The van der Waals surface area contributed by atoms with E-state index < -0.39 is 0 Å². The molecule has 2 amide bonds. The molecule has 30 heavy (non-hydrogen) atoms. The quantitative estimate of drug-likeness (QED) is 0.809. The predicted molar refractivity (Wildman–Crippen MR) is 114 cm³/mol. The SMILES string of the molecule is O=C(CN1CCN(C(=O)c2cc(Cl)c3c(c2)OCCCO3)CC1)Nc1ccccc1. The van der Waals surface area contributed by atoms with Crippen molar-refractivity contribution in [1.29, 1.82) is 0 Å². The molecule has 2 aromatic carbocycles. The van der Waals surface area contributed by atoms with Crippen LogP contribution in [0.25, 0.3) is 0 Å². The van der Waals surface area contributed by atoms with Crippen molar-refractivity contribution < 1.29 is 19.1 Å². The first-order chi connectivity index (χ1) is 14.6. The van der Waals surface area contributed by atoms with Crippen molar-refractivity contribution in [3.8, 4) is 11.5 Å². The number of carbonyl (C=O) groups is 2. The van der Waals surface area contributed by atoms with E-state index in [9.17, 15) is 9.59 Å². The fourth-order valence-electron chi connectivity index (χ4n) is 3.57. The van der Waals surface area contributed by atoms with Gasteiger partial charge in [-0.15, -0.1) is 0 Å². The number of halogens is 1. The predicted octanol–water partition coefficient (Wildman–Crippen LogP) is 2.90. The lowest BCUT2D eigenvalue weighted by molar-refractivity contribution is -0.117. The second-order valence-electron chi connectivity index (χ2n) is 7.32. The molecule has 0 radical (unpaired) electrons. The molecule has 1 saturated heterocycles. The Kier molecular flexibility index (Phi) is 6.40. The van der Waals surface area contributed by atoms with Crippen LogP contribution in [0, 0.1) is 0 Å². The van der Waals surface area contributed by atoms with Gasteiger partial charge in [-0.05, 0) is 24.3 Å². The number of anilines is 1. The van der Waals surface area contributed by atoms with Crippen LogP contribution < -0.4 is 14.8 Å². The van der Waals surface area contributed by atoms with E-state index in [2.05, 4.69) is 5.32 Å². The summed E-state index contributed by atoms with van der Waals surface area (Å²) in [5.74, 6) is 0.858. The number of rotatable bonds is 4. The number of amides is 2. The Morgan fingerprint density at radius 2 is 1.73 bits per heavy atom. The van der Waals surface area contributed by atoms with Crippen molar-refractivity contribution in [3.63, 3.8) is 0 Å². The van der Waals surface area contributed by atoms with Crippen LogP contribution in [-0.2, 0) is 4.79 Å². The van der Waals surface area contributed by atoms with E-state index in [1.165, 1.54) is 0 Å². The number of ether oxygens (including phenoxy) is 2. The molecular weight excluding hydrogens is 406 g/mol. The van der Waals surface area contributed by atoms with Gasteiger partial charge in [-0.1, -0.05) is 29.8 Å². The summed E-state index contributed by atoms with van der Waals surface area (Å²) < 4.78 is 11.3. The van der Waals surface area contributed by atoms with Crippen LogP contribution in [-0.4, -0.2) is 67.6 Å². The Morgan fingerprint density at radius 3 is 2.50 bits per heavy atom. The highest BCUT2D eigenvalue weighted by Gasteiger charge is 2.25. The van der Waals surface area contributed by atoms with Crippen LogP contribution in [0.15, 0.2) is 42.5 Å². The number of hydrogen-bond donors (Lipinski definition) is 1. The third-order valence-electron chi connectivity index (χ3n) is 5.13. The summed E-state index contributed by atoms with van der Waals surface area (Å²) in [5, 5.41) is 3.27. The van der Waals surface area contributed by atoms with Crippen molar-refractivity contribution >= 4 is 29.1 Å². The van der Waals surface area contributed by atoms with E-state index in [1.54, 1.807) is 17.0 Å². The van der Waals surface area contributed by atoms with Crippen molar-refractivity contribution in [3.05, 3.63) is 53.1 Å². The van der Waals surface area contributed by atoms with E-state index >= 15 is 0 Å². The Morgan fingerprint density at radius 1 is 1.00 bits per heavy atom. The highest BCUT2D eigenvalue weighted by molar-refractivity contribution is 6.32. The summed E-state index contributed by atoms with van der Waals surface area (Å²) in [5.41, 5.74) is 1.27. The van der Waals surface area contributed by atoms with Gasteiger partial charge in [-0.2, -0.15) is 0 Å². The molecule has 1 fully saturated rings. The molecule has 0 atom stereocenters. The molecule has 158 valence electrons. The summed E-state index contributed by atoms with van der Waals surface area (Å²) in [6.07, 6.45) is 0.772. The molecule has 0 aromatic heterocycles. The van der Waals surface area contributed by atoms with Gasteiger partial charge >= 0.3 is 0 Å². The van der Waals surface area contributed by atoms with Gasteiger partial charge in [0.2, 0.25) is 5.91 Å². The van der Waals surface area contributed by atoms with Gasteiger partial charge in [0.05, 0.1) is 24.8 Å². The molecule has 1 N–H and O–H groups in total. The first-order valence-electron chi connectivity index (χ1n) is 10.1. The molecule has 0 saturated carbocycles. The van der Waals surface area contributed by atoms with E-state index in [4.69, 9.17) is 21.1 Å². The zero-order valence-corrected chi connectivity index (χ0v) is 17.4. The lowest BCUT2D eigenvalue weighted by atomic mass is 10.1. The van der Waals surface area contributed by atoms with E-state index in [0.29, 0.717) is 68.0 Å². The van der Waals surface area contributed by atoms with Crippen LogP contribution in [0.3, 0.4) is 0 Å². The van der Waals surface area contributed by atoms with Crippen LogP contribution >= 0.6 is 11.6 Å². The highest BCUT2D eigenvalue weighted by Crippen LogP contribution is 2.38. The first kappa shape index (κ1) is 20.5. The largest absolute Gasteiger partial charge is 0.489 e. The van der Waals surface area contributed by atoms with Gasteiger partial charge in [0.15, 0.2) is 11.5 Å². The number of fused-ring (bicyclic) bond motifs is 1. The number of benzene rings is 2. The second-order valence-corrected chi connectivity index (χ2v) is 7.73. The Labute approximate surface area is 180 Å². The molecule has 0 unspecified atom stereocenters. The fourth-order valence-corrected chi connectivity index (χ4v) is 3.84. The average Bonchev–Trinajstić information content (AvgIpc) is 3.00. The number of hydrogen-bond acceptors (Lipinski definition) is 5. The number of nitrogens with zero attached hydrogens (tertiary/aromatic N) is 2. The number of piperazine rings is 1. The Balaban J connectivity index is 1.33. The summed E-state index contributed by atoms with van der Waals surface area (Å²) in [6.45, 7) is 3.72. The van der Waals surface area contributed by atoms with Gasteiger partial charge in [-0.25, -0.2) is 0 Å². The van der Waals surface area contributed by atoms with Crippen molar-refractivity contribution in [2.24, 2.45) is 0 Å². The molecule has 2 aliphatic rings. The minimum absolute atomic E-state index is 0.0596. The summed E-state index contributed by atoms with van der Waals surface area (Å²) in [7, 11) is 0. The average molecular weight is 430 g/mol. The third kappa shape index (κ3) is 4.86. The highest BCUT2D eigenvalue weighted by atomic mass is 35.5. The number of para-hydroxylation sites is 1. The Bertz CT molecular complexity index is 914. The maximum absolute atomic E-state index is 13.0. The maximum Gasteiger partial charge on any atom is 0.254 e. The minimum Gasteiger partial charge on any atom is -0.489 e. The molecule has 0 aliphatic carbocycles. The van der Waals surface area contributed by atoms with Crippen LogP contribution in [0.5, 0.6) is 11.5 Å². The minimum atomic E-state index is -0.0964. The molecule has 7 nitrogen and oxygen atoms in total. The first-order valence-corrected chi connectivity index (χ1v) is 10.4. The van der Waals surface area contributed by atoms with Crippen molar-refractivity contribution in [2.45, 2.75) is 6.42 Å². The van der Waals surface area contributed by atoms with Gasteiger partial charge in [0, 0.05) is 43.9 Å². The molecule has 2 aromatic rings. The normalized spacial score (nSPS) is 16.6. The monoisotopic (exact) mass is 429 g/mol. The van der Waals surface area contributed by atoms with Gasteiger partial charge in [0.25, 0.3) is 5.91 Å². The summed E-state index contributed by atoms with van der Waals surface area (Å²) in [4.78, 5) is 29.0. The molecular formula is C22H24ClN3O4. The van der Waals surface area contributed by atoms with Crippen LogP contribution in [0.4, 0.5) is 5.69 Å². The topological polar surface area (TPSA) is 71.1 Å². The fraction of sp³-hybridized carbons (Fsp3) is 0.364. The van der Waals surface area contributed by atoms with E-state index in [-0.39, 0.29) is 11.8 Å². The summed E-state index contributed by atoms with van der Waals surface area (Å²) in [6, 6.07) is 12.7. The molecule has 8 heteroatoms. The molecule has 2 heterocycles. The smallest absolute Gasteiger partial charge is 0.254 e. The van der Waals surface area contributed by atoms with E-state index in [0.717, 1.165) is 12.1 Å². The molecule has 0 spiro atoms. The van der Waals surface area contributed by atoms with Gasteiger partial charge < -0.3 is 19.7 Å². The molecule has 0 bridgehead atoms. The number of carbonyl (C=O) groups excluding carboxylic acids is 2. The zero-order chi connectivity index (χ0) is 20.9. The maximum atomic E-state index is 13.0. The summed E-state index contributed by atoms with van der Waals surface area (Å²) >= 11 is 6.32. The standard InChI is InChI=1S/C22H24ClN3O4/c23-18-13-16(14-19-21(18)30-12-4-11-29-19)22(28)26-9-7-25(8-10-26)15-20(27)24-17-5-2-1-3-6-17/h1-3,5-6,13-14H,4,7-12,15H2,(H,24,27). The van der Waals surface area contributed by atoms with Crippen LogP contribution in [0.1, 0.15) is 16.8 Å². The van der Waals surface area contributed by atoms with Crippen molar-refractivity contribution in [2.75, 3.05) is 51.3 Å². The zero-order valence-electron chi connectivity index (χ0n) is 16.6. The van der Waals surface area contributed by atoms with Crippen LogP contribution in [0.2, 0.25) is 5.02 Å². The van der Waals surface area contributed by atoms with E-state index in [1.807, 2.05) is 35.2 Å². The third-order valence-corrected chi connectivity index (χ3v) is 5.41. The molecule has 4 rings (SSSR count). The lowest BCUT2D eigenvalue weighted by Crippen LogP contribution is -2.50. The molecule has 2 aliphatic heterocycles.